The van der Waals surface area contributed by atoms with E-state index in [1.807, 2.05) is 24.3 Å². The number of hydrogen-bond acceptors (Lipinski definition) is 4. The Hall–Kier alpha value is -2.37. The fraction of sp³-hybridized carbons (Fsp3) is 0.471. The third-order valence-electron chi connectivity index (χ3n) is 4.00. The molecule has 124 valence electrons. The van der Waals surface area contributed by atoms with Gasteiger partial charge in [-0.3, -0.25) is 9.59 Å². The maximum atomic E-state index is 11.8. The molecule has 23 heavy (non-hydrogen) atoms. The SMILES string of the molecule is CC[C@H](C)c1ccc(NC(=O)COC(=O)[C@H]2CCC(=O)N2)cc1. The Morgan fingerprint density at radius 3 is 2.61 bits per heavy atom. The van der Waals surface area contributed by atoms with E-state index < -0.39 is 17.9 Å². The highest BCUT2D eigenvalue weighted by atomic mass is 16.5. The average molecular weight is 318 g/mol. The number of nitrogens with one attached hydrogen (secondary N) is 2. The molecule has 1 aromatic carbocycles. The summed E-state index contributed by atoms with van der Waals surface area (Å²) in [5.41, 5.74) is 1.88. The van der Waals surface area contributed by atoms with Gasteiger partial charge in [0.05, 0.1) is 0 Å². The first kappa shape index (κ1) is 17.0. The lowest BCUT2D eigenvalue weighted by atomic mass is 9.99. The van der Waals surface area contributed by atoms with Crippen molar-refractivity contribution in [3.8, 4) is 0 Å². The van der Waals surface area contributed by atoms with Crippen LogP contribution in [0.5, 0.6) is 0 Å². The van der Waals surface area contributed by atoms with Gasteiger partial charge in [-0.1, -0.05) is 26.0 Å². The monoisotopic (exact) mass is 318 g/mol. The van der Waals surface area contributed by atoms with Crippen molar-refractivity contribution in [3.05, 3.63) is 29.8 Å². The standard InChI is InChI=1S/C17H22N2O4/c1-3-11(2)12-4-6-13(7-5-12)18-16(21)10-23-17(22)14-8-9-15(20)19-14/h4-7,11,14H,3,8-10H2,1-2H3,(H,18,21)(H,19,20)/t11-,14+/m0/s1. The summed E-state index contributed by atoms with van der Waals surface area (Å²) in [5.74, 6) is -0.669. The first-order valence-electron chi connectivity index (χ1n) is 7.85. The molecule has 0 saturated carbocycles. The van der Waals surface area contributed by atoms with Crippen molar-refractivity contribution in [1.29, 1.82) is 0 Å². The zero-order chi connectivity index (χ0) is 16.8. The van der Waals surface area contributed by atoms with Gasteiger partial charge >= 0.3 is 5.97 Å². The Labute approximate surface area is 135 Å². The third-order valence-corrected chi connectivity index (χ3v) is 4.00. The van der Waals surface area contributed by atoms with Gasteiger partial charge in [0, 0.05) is 12.1 Å². The fourth-order valence-corrected chi connectivity index (χ4v) is 2.36. The highest BCUT2D eigenvalue weighted by Crippen LogP contribution is 2.20. The molecule has 0 aromatic heterocycles. The van der Waals surface area contributed by atoms with Crippen molar-refractivity contribution in [2.75, 3.05) is 11.9 Å². The number of carbonyl (C=O) groups excluding carboxylic acids is 3. The van der Waals surface area contributed by atoms with Gasteiger partial charge in [-0.2, -0.15) is 0 Å². The van der Waals surface area contributed by atoms with Crippen molar-refractivity contribution in [2.45, 2.75) is 45.1 Å². The number of esters is 1. The Bertz CT molecular complexity index is 583. The largest absolute Gasteiger partial charge is 0.454 e. The molecular weight excluding hydrogens is 296 g/mol. The second-order valence-corrected chi connectivity index (χ2v) is 5.75. The van der Waals surface area contributed by atoms with E-state index in [1.165, 1.54) is 5.56 Å². The van der Waals surface area contributed by atoms with Gasteiger partial charge in [0.15, 0.2) is 6.61 Å². The average Bonchev–Trinajstić information content (AvgIpc) is 2.99. The van der Waals surface area contributed by atoms with Crippen LogP contribution in [0.15, 0.2) is 24.3 Å². The fourth-order valence-electron chi connectivity index (χ4n) is 2.36. The van der Waals surface area contributed by atoms with E-state index in [1.54, 1.807) is 0 Å². The smallest absolute Gasteiger partial charge is 0.329 e. The summed E-state index contributed by atoms with van der Waals surface area (Å²) in [4.78, 5) is 34.5. The van der Waals surface area contributed by atoms with Crippen LogP contribution in [0.25, 0.3) is 0 Å². The number of hydrogen-bond donors (Lipinski definition) is 2. The van der Waals surface area contributed by atoms with Crippen LogP contribution in [0, 0.1) is 0 Å². The van der Waals surface area contributed by atoms with Crippen LogP contribution in [-0.2, 0) is 19.1 Å². The highest BCUT2D eigenvalue weighted by molar-refractivity contribution is 5.94. The normalized spacial score (nSPS) is 18.2. The molecule has 6 heteroatoms. The molecule has 1 heterocycles. The summed E-state index contributed by atoms with van der Waals surface area (Å²) < 4.78 is 4.92. The first-order chi connectivity index (χ1) is 11.0. The van der Waals surface area contributed by atoms with E-state index in [0.29, 0.717) is 24.4 Å². The maximum absolute atomic E-state index is 11.8. The predicted molar refractivity (Wildman–Crippen MR) is 85.9 cm³/mol. The van der Waals surface area contributed by atoms with E-state index in [9.17, 15) is 14.4 Å². The second kappa shape index (κ2) is 7.76. The van der Waals surface area contributed by atoms with Crippen LogP contribution >= 0.6 is 0 Å². The van der Waals surface area contributed by atoms with Gasteiger partial charge in [0.1, 0.15) is 6.04 Å². The van der Waals surface area contributed by atoms with Crippen LogP contribution in [-0.4, -0.2) is 30.4 Å². The van der Waals surface area contributed by atoms with Crippen LogP contribution in [0.3, 0.4) is 0 Å². The van der Waals surface area contributed by atoms with Crippen LogP contribution in [0.1, 0.15) is 44.6 Å². The van der Waals surface area contributed by atoms with E-state index in [0.717, 1.165) is 6.42 Å². The van der Waals surface area contributed by atoms with E-state index in [2.05, 4.69) is 24.5 Å². The molecule has 6 nitrogen and oxygen atoms in total. The van der Waals surface area contributed by atoms with Crippen molar-refractivity contribution >= 4 is 23.5 Å². The molecule has 0 spiro atoms. The van der Waals surface area contributed by atoms with Gasteiger partial charge in [0.25, 0.3) is 5.91 Å². The van der Waals surface area contributed by atoms with Crippen molar-refractivity contribution in [1.82, 2.24) is 5.32 Å². The lowest BCUT2D eigenvalue weighted by Crippen LogP contribution is -2.36. The Morgan fingerprint density at radius 1 is 1.35 bits per heavy atom. The van der Waals surface area contributed by atoms with Gasteiger partial charge in [0.2, 0.25) is 5.91 Å². The van der Waals surface area contributed by atoms with Gasteiger partial charge in [-0.15, -0.1) is 0 Å². The minimum absolute atomic E-state index is 0.169. The maximum Gasteiger partial charge on any atom is 0.329 e. The first-order valence-corrected chi connectivity index (χ1v) is 7.85. The molecule has 0 radical (unpaired) electrons. The number of carbonyl (C=O) groups is 3. The number of benzene rings is 1. The molecule has 1 fully saturated rings. The van der Waals surface area contributed by atoms with E-state index in [4.69, 9.17) is 4.74 Å². The number of anilines is 1. The molecular formula is C17H22N2O4. The molecule has 1 saturated heterocycles. The molecule has 2 rings (SSSR count). The van der Waals surface area contributed by atoms with E-state index in [-0.39, 0.29) is 12.5 Å². The van der Waals surface area contributed by atoms with Gasteiger partial charge in [-0.05, 0) is 36.5 Å². The van der Waals surface area contributed by atoms with Crippen molar-refractivity contribution in [2.24, 2.45) is 0 Å². The predicted octanol–water partition coefficient (Wildman–Crippen LogP) is 1.96. The summed E-state index contributed by atoms with van der Waals surface area (Å²) in [6.07, 6.45) is 1.78. The van der Waals surface area contributed by atoms with Crippen LogP contribution < -0.4 is 10.6 Å². The molecule has 0 unspecified atom stereocenters. The molecule has 0 bridgehead atoms. The minimum atomic E-state index is -0.634. The molecule has 1 aliphatic rings. The molecule has 2 N–H and O–H groups in total. The van der Waals surface area contributed by atoms with E-state index >= 15 is 0 Å². The summed E-state index contributed by atoms with van der Waals surface area (Å²) in [6, 6.07) is 6.98. The Balaban J connectivity index is 1.78. The molecule has 2 atom stereocenters. The minimum Gasteiger partial charge on any atom is -0.454 e. The van der Waals surface area contributed by atoms with Gasteiger partial charge in [-0.25, -0.2) is 4.79 Å². The summed E-state index contributed by atoms with van der Waals surface area (Å²) in [6.45, 7) is 3.91. The zero-order valence-electron chi connectivity index (χ0n) is 13.4. The molecule has 1 aromatic rings. The third kappa shape index (κ3) is 4.81. The highest BCUT2D eigenvalue weighted by Gasteiger charge is 2.28. The number of amides is 2. The molecule has 0 aliphatic carbocycles. The zero-order valence-corrected chi connectivity index (χ0v) is 13.4. The lowest BCUT2D eigenvalue weighted by Gasteiger charge is -2.12. The Morgan fingerprint density at radius 2 is 2.04 bits per heavy atom. The second-order valence-electron chi connectivity index (χ2n) is 5.75. The topological polar surface area (TPSA) is 84.5 Å². The number of ether oxygens (including phenoxy) is 1. The quantitative estimate of drug-likeness (QED) is 0.785. The Kier molecular flexibility index (Phi) is 5.73. The summed E-state index contributed by atoms with van der Waals surface area (Å²) >= 11 is 0. The van der Waals surface area contributed by atoms with Crippen molar-refractivity contribution in [3.63, 3.8) is 0 Å². The van der Waals surface area contributed by atoms with Crippen LogP contribution in [0.4, 0.5) is 5.69 Å². The van der Waals surface area contributed by atoms with Crippen molar-refractivity contribution < 1.29 is 19.1 Å². The molecule has 2 amide bonds. The summed E-state index contributed by atoms with van der Waals surface area (Å²) in [5, 5.41) is 5.18. The van der Waals surface area contributed by atoms with Gasteiger partial charge < -0.3 is 15.4 Å². The summed E-state index contributed by atoms with van der Waals surface area (Å²) in [7, 11) is 0. The van der Waals surface area contributed by atoms with Crippen LogP contribution in [0.2, 0.25) is 0 Å². The lowest BCUT2D eigenvalue weighted by molar-refractivity contribution is -0.149. The molecule has 1 aliphatic heterocycles. The number of rotatable bonds is 6.